The van der Waals surface area contributed by atoms with Gasteiger partial charge in [-0.05, 0) is 31.0 Å². The van der Waals surface area contributed by atoms with E-state index in [-0.39, 0.29) is 30.9 Å². The Balaban J connectivity index is 1.88. The second-order valence-corrected chi connectivity index (χ2v) is 9.09. The highest BCUT2D eigenvalue weighted by atomic mass is 16.5. The standard InChI is InChI=1S/C27H32N4O8/c1-16(32)23-26(36)29-19(14-17-8-3-2-4-9-17)25(35)28-12-7-13-39-21-11-6-5-10-18(21)24(34)30-20(27(37)38)15-22(33)31-23/h2-6,8-11,16,19-20,23,32H,7,12-15H2,1H3,(H,28,35)(H,29,36)(H,30,34)(H,31,33)(H,37,38)/t16-,19?,20+,23+/m1/s1. The number of hydrogen-bond donors (Lipinski definition) is 6. The zero-order valence-electron chi connectivity index (χ0n) is 21.4. The van der Waals surface area contributed by atoms with Crippen molar-refractivity contribution in [2.75, 3.05) is 13.2 Å². The SMILES string of the molecule is C[C@@H](O)[C@@H]1NC(=O)C[C@@H](C(=O)O)NC(=O)c2ccccc2OCCCNC(=O)C(Cc2ccccc2)NC1=O. The first-order valence-corrected chi connectivity index (χ1v) is 12.5. The minimum Gasteiger partial charge on any atom is -0.493 e. The molecule has 4 amide bonds. The van der Waals surface area contributed by atoms with Crippen molar-refractivity contribution in [3.8, 4) is 5.75 Å². The summed E-state index contributed by atoms with van der Waals surface area (Å²) in [4.78, 5) is 63.5. The number of aliphatic carboxylic acids is 1. The summed E-state index contributed by atoms with van der Waals surface area (Å²) in [6.07, 6.45) is -1.57. The highest BCUT2D eigenvalue weighted by molar-refractivity contribution is 6.00. The van der Waals surface area contributed by atoms with Crippen molar-refractivity contribution in [3.05, 3.63) is 65.7 Å². The molecule has 0 spiro atoms. The maximum absolute atomic E-state index is 13.1. The zero-order chi connectivity index (χ0) is 28.4. The van der Waals surface area contributed by atoms with E-state index < -0.39 is 60.2 Å². The van der Waals surface area contributed by atoms with Crippen LogP contribution in [0.1, 0.15) is 35.7 Å². The van der Waals surface area contributed by atoms with Crippen LogP contribution in [-0.2, 0) is 25.6 Å². The van der Waals surface area contributed by atoms with Gasteiger partial charge in [0.15, 0.2) is 0 Å². The van der Waals surface area contributed by atoms with Crippen LogP contribution in [0.4, 0.5) is 0 Å². The van der Waals surface area contributed by atoms with Crippen molar-refractivity contribution in [2.45, 2.75) is 50.4 Å². The smallest absolute Gasteiger partial charge is 0.326 e. The molecular weight excluding hydrogens is 508 g/mol. The largest absolute Gasteiger partial charge is 0.493 e. The third-order valence-corrected chi connectivity index (χ3v) is 6.00. The van der Waals surface area contributed by atoms with Gasteiger partial charge in [0.25, 0.3) is 5.91 Å². The van der Waals surface area contributed by atoms with Crippen LogP contribution in [0, 0.1) is 0 Å². The first-order valence-electron chi connectivity index (χ1n) is 12.5. The molecule has 2 aromatic carbocycles. The summed E-state index contributed by atoms with van der Waals surface area (Å²) < 4.78 is 5.70. The number of carboxylic acids is 1. The number of carbonyl (C=O) groups excluding carboxylic acids is 4. The third kappa shape index (κ3) is 8.54. The number of fused-ring (bicyclic) bond motifs is 1. The fraction of sp³-hybridized carbons (Fsp3) is 0.370. The summed E-state index contributed by atoms with van der Waals surface area (Å²) in [6, 6.07) is 11.1. The molecule has 0 saturated carbocycles. The molecular formula is C27H32N4O8. The molecule has 1 aliphatic rings. The molecule has 1 aliphatic heterocycles. The van der Waals surface area contributed by atoms with Gasteiger partial charge in [-0.3, -0.25) is 19.2 Å². The van der Waals surface area contributed by atoms with Crippen LogP contribution >= 0.6 is 0 Å². The molecule has 0 fully saturated rings. The van der Waals surface area contributed by atoms with Gasteiger partial charge in [-0.2, -0.15) is 0 Å². The predicted molar refractivity (Wildman–Crippen MR) is 139 cm³/mol. The molecule has 0 radical (unpaired) electrons. The molecule has 6 N–H and O–H groups in total. The molecule has 2 aromatic rings. The number of amides is 4. The van der Waals surface area contributed by atoms with Crippen molar-refractivity contribution in [2.24, 2.45) is 0 Å². The number of ether oxygens (including phenoxy) is 1. The monoisotopic (exact) mass is 540 g/mol. The average molecular weight is 541 g/mol. The van der Waals surface area contributed by atoms with Gasteiger partial charge in [0.05, 0.1) is 24.7 Å². The summed E-state index contributed by atoms with van der Waals surface area (Å²) in [5.41, 5.74) is 0.844. The Labute approximate surface area is 225 Å². The Morgan fingerprint density at radius 1 is 0.974 bits per heavy atom. The van der Waals surface area contributed by atoms with Gasteiger partial charge in [-0.1, -0.05) is 42.5 Å². The Kier molecular flexibility index (Phi) is 10.4. The Bertz CT molecular complexity index is 1190. The van der Waals surface area contributed by atoms with Crippen molar-refractivity contribution >= 4 is 29.6 Å². The van der Waals surface area contributed by atoms with E-state index in [1.165, 1.54) is 13.0 Å². The number of aliphatic hydroxyl groups is 1. The minimum atomic E-state index is -1.63. The van der Waals surface area contributed by atoms with Crippen molar-refractivity contribution in [3.63, 3.8) is 0 Å². The fourth-order valence-electron chi connectivity index (χ4n) is 3.95. The molecule has 12 nitrogen and oxygen atoms in total. The molecule has 12 heteroatoms. The van der Waals surface area contributed by atoms with Gasteiger partial charge in [0.2, 0.25) is 17.7 Å². The lowest BCUT2D eigenvalue weighted by molar-refractivity contribution is -0.141. The zero-order valence-corrected chi connectivity index (χ0v) is 21.4. The molecule has 4 atom stereocenters. The van der Waals surface area contributed by atoms with Gasteiger partial charge < -0.3 is 36.2 Å². The van der Waals surface area contributed by atoms with Crippen molar-refractivity contribution in [1.82, 2.24) is 21.3 Å². The predicted octanol–water partition coefficient (Wildman–Crippen LogP) is -0.248. The lowest BCUT2D eigenvalue weighted by atomic mass is 10.0. The molecule has 0 aliphatic carbocycles. The van der Waals surface area contributed by atoms with E-state index in [9.17, 15) is 34.2 Å². The summed E-state index contributed by atoms with van der Waals surface area (Å²) in [7, 11) is 0. The van der Waals surface area contributed by atoms with E-state index in [1.807, 2.05) is 6.07 Å². The number of nitrogens with one attached hydrogen (secondary N) is 4. The topological polar surface area (TPSA) is 183 Å². The molecule has 1 unspecified atom stereocenters. The van der Waals surface area contributed by atoms with Crippen LogP contribution in [0.25, 0.3) is 0 Å². The summed E-state index contributed by atoms with van der Waals surface area (Å²) in [6.45, 7) is 1.61. The van der Waals surface area contributed by atoms with Crippen LogP contribution in [0.3, 0.4) is 0 Å². The van der Waals surface area contributed by atoms with Crippen LogP contribution in [-0.4, -0.2) is 77.2 Å². The molecule has 0 saturated heterocycles. The highest BCUT2D eigenvalue weighted by Gasteiger charge is 2.32. The van der Waals surface area contributed by atoms with Crippen LogP contribution < -0.4 is 26.0 Å². The molecule has 0 aromatic heterocycles. The minimum absolute atomic E-state index is 0.0680. The lowest BCUT2D eigenvalue weighted by Gasteiger charge is -2.25. The summed E-state index contributed by atoms with van der Waals surface area (Å²) >= 11 is 0. The number of benzene rings is 2. The number of para-hydroxylation sites is 1. The van der Waals surface area contributed by atoms with E-state index in [0.29, 0.717) is 6.42 Å². The first-order chi connectivity index (χ1) is 18.7. The quantitative estimate of drug-likeness (QED) is 0.307. The third-order valence-electron chi connectivity index (χ3n) is 6.00. The summed E-state index contributed by atoms with van der Waals surface area (Å²) in [5.74, 6) is -4.24. The van der Waals surface area contributed by atoms with E-state index in [4.69, 9.17) is 4.74 Å². The summed E-state index contributed by atoms with van der Waals surface area (Å²) in [5, 5.41) is 29.8. The number of hydrogen-bond acceptors (Lipinski definition) is 7. The molecule has 1 heterocycles. The van der Waals surface area contributed by atoms with E-state index in [1.54, 1.807) is 42.5 Å². The van der Waals surface area contributed by atoms with Gasteiger partial charge in [-0.15, -0.1) is 0 Å². The normalized spacial score (nSPS) is 22.4. The van der Waals surface area contributed by atoms with Gasteiger partial charge in [0, 0.05) is 13.0 Å². The van der Waals surface area contributed by atoms with Crippen LogP contribution in [0.15, 0.2) is 54.6 Å². The number of carboxylic acid groups (broad SMARTS) is 1. The van der Waals surface area contributed by atoms with Crippen molar-refractivity contribution in [1.29, 1.82) is 0 Å². The second-order valence-electron chi connectivity index (χ2n) is 9.09. The number of carbonyl (C=O) groups is 5. The Morgan fingerprint density at radius 3 is 2.36 bits per heavy atom. The van der Waals surface area contributed by atoms with E-state index >= 15 is 0 Å². The Morgan fingerprint density at radius 2 is 1.67 bits per heavy atom. The number of aliphatic hydroxyl groups excluding tert-OH is 1. The van der Waals surface area contributed by atoms with Gasteiger partial charge >= 0.3 is 5.97 Å². The number of rotatable bonds is 4. The highest BCUT2D eigenvalue weighted by Crippen LogP contribution is 2.18. The maximum atomic E-state index is 13.1. The lowest BCUT2D eigenvalue weighted by Crippen LogP contribution is -2.58. The fourth-order valence-corrected chi connectivity index (χ4v) is 3.95. The maximum Gasteiger partial charge on any atom is 0.326 e. The second kappa shape index (κ2) is 13.9. The average Bonchev–Trinajstić information content (AvgIpc) is 2.90. The van der Waals surface area contributed by atoms with E-state index in [2.05, 4.69) is 21.3 Å². The molecule has 39 heavy (non-hydrogen) atoms. The van der Waals surface area contributed by atoms with E-state index in [0.717, 1.165) is 5.56 Å². The molecule has 0 bridgehead atoms. The van der Waals surface area contributed by atoms with Gasteiger partial charge in [-0.25, -0.2) is 4.79 Å². The Hall–Kier alpha value is -4.45. The van der Waals surface area contributed by atoms with Crippen molar-refractivity contribution < 1.29 is 38.9 Å². The molecule has 3 rings (SSSR count). The van der Waals surface area contributed by atoms with Gasteiger partial charge in [0.1, 0.15) is 23.9 Å². The first kappa shape index (κ1) is 29.1. The van der Waals surface area contributed by atoms with Crippen LogP contribution in [0.2, 0.25) is 0 Å². The van der Waals surface area contributed by atoms with Crippen LogP contribution in [0.5, 0.6) is 5.75 Å². The molecule has 208 valence electrons.